The third-order valence-corrected chi connectivity index (χ3v) is 5.83. The van der Waals surface area contributed by atoms with Crippen LogP contribution in [0.5, 0.6) is 5.88 Å². The highest BCUT2D eigenvalue weighted by Crippen LogP contribution is 2.42. The van der Waals surface area contributed by atoms with Gasteiger partial charge in [-0.1, -0.05) is 36.4 Å². The molecular formula is C26H24F3N3O3. The smallest absolute Gasteiger partial charge is 0.422 e. The van der Waals surface area contributed by atoms with E-state index in [1.165, 1.54) is 25.3 Å². The summed E-state index contributed by atoms with van der Waals surface area (Å²) < 4.78 is 41.8. The van der Waals surface area contributed by atoms with Crippen LogP contribution in [0.15, 0.2) is 72.9 Å². The number of hydrogen-bond donors (Lipinski definition) is 0. The number of hydrogen-bond acceptors (Lipinski definition) is 4. The van der Waals surface area contributed by atoms with Crippen molar-refractivity contribution in [1.82, 2.24) is 4.98 Å². The Kier molecular flexibility index (Phi) is 6.77. The van der Waals surface area contributed by atoms with Crippen LogP contribution in [0.1, 0.15) is 42.2 Å². The topological polar surface area (TPSA) is 62.7 Å². The van der Waals surface area contributed by atoms with Gasteiger partial charge < -0.3 is 14.5 Å². The minimum absolute atomic E-state index is 0.110. The molecule has 1 aromatic heterocycles. The van der Waals surface area contributed by atoms with Crippen LogP contribution in [0, 0.1) is 0 Å². The second-order valence-corrected chi connectivity index (χ2v) is 8.35. The highest BCUT2D eigenvalue weighted by molar-refractivity contribution is 6.07. The predicted octanol–water partition coefficient (Wildman–Crippen LogP) is 5.56. The lowest BCUT2D eigenvalue weighted by Crippen LogP contribution is -2.47. The Morgan fingerprint density at radius 2 is 1.74 bits per heavy atom. The van der Waals surface area contributed by atoms with Crippen LogP contribution in [-0.4, -0.2) is 35.6 Å². The molecule has 4 rings (SSSR count). The van der Waals surface area contributed by atoms with Crippen LogP contribution in [0.25, 0.3) is 0 Å². The fraction of sp³-hybridized carbons (Fsp3) is 0.269. The molecule has 3 aromatic rings. The summed E-state index contributed by atoms with van der Waals surface area (Å²) in [6.45, 7) is 1.96. The van der Waals surface area contributed by atoms with Crippen molar-refractivity contribution >= 4 is 23.2 Å². The fourth-order valence-corrected chi connectivity index (χ4v) is 4.39. The van der Waals surface area contributed by atoms with Gasteiger partial charge in [0.15, 0.2) is 6.61 Å². The van der Waals surface area contributed by atoms with E-state index in [-0.39, 0.29) is 35.3 Å². The zero-order valence-corrected chi connectivity index (χ0v) is 19.2. The summed E-state index contributed by atoms with van der Waals surface area (Å²) >= 11 is 0. The molecule has 0 saturated heterocycles. The number of anilines is 2. The molecular weight excluding hydrogens is 459 g/mol. The first-order valence-corrected chi connectivity index (χ1v) is 11.1. The van der Waals surface area contributed by atoms with E-state index in [4.69, 9.17) is 0 Å². The lowest BCUT2D eigenvalue weighted by molar-refractivity contribution is -0.154. The number of amides is 2. The number of rotatable bonds is 5. The van der Waals surface area contributed by atoms with Crippen LogP contribution in [0.4, 0.5) is 24.5 Å². The molecule has 0 radical (unpaired) electrons. The Bertz CT molecular complexity index is 1200. The molecule has 9 heteroatoms. The molecule has 6 nitrogen and oxygen atoms in total. The van der Waals surface area contributed by atoms with Crippen LogP contribution in [-0.2, 0) is 4.79 Å². The Balaban J connectivity index is 1.64. The van der Waals surface area contributed by atoms with E-state index >= 15 is 0 Å². The third-order valence-electron chi connectivity index (χ3n) is 5.83. The third kappa shape index (κ3) is 5.29. The second kappa shape index (κ2) is 9.77. The molecule has 2 atom stereocenters. The van der Waals surface area contributed by atoms with Gasteiger partial charge in [-0.25, -0.2) is 4.98 Å². The summed E-state index contributed by atoms with van der Waals surface area (Å²) in [5.74, 6) is -0.667. The lowest BCUT2D eigenvalue weighted by Gasteiger charge is -2.43. The van der Waals surface area contributed by atoms with E-state index < -0.39 is 12.8 Å². The van der Waals surface area contributed by atoms with Crippen molar-refractivity contribution in [2.45, 2.75) is 38.5 Å². The van der Waals surface area contributed by atoms with E-state index in [1.54, 1.807) is 9.80 Å². The van der Waals surface area contributed by atoms with Gasteiger partial charge in [0.05, 0.1) is 11.6 Å². The predicted molar refractivity (Wildman–Crippen MR) is 125 cm³/mol. The largest absolute Gasteiger partial charge is 0.468 e. The van der Waals surface area contributed by atoms with E-state index in [9.17, 15) is 22.8 Å². The highest BCUT2D eigenvalue weighted by Gasteiger charge is 2.38. The maximum atomic E-state index is 13.5. The number of pyridine rings is 1. The number of para-hydroxylation sites is 2. The van der Waals surface area contributed by atoms with Gasteiger partial charge in [-0.3, -0.25) is 9.59 Å². The molecule has 1 aliphatic rings. The van der Waals surface area contributed by atoms with Crippen molar-refractivity contribution in [3.8, 4) is 5.88 Å². The van der Waals surface area contributed by atoms with E-state index in [0.29, 0.717) is 12.1 Å². The summed E-state index contributed by atoms with van der Waals surface area (Å²) in [6, 6.07) is 18.9. The van der Waals surface area contributed by atoms with Crippen molar-refractivity contribution < 1.29 is 27.5 Å². The molecule has 1 aliphatic heterocycles. The normalized spacial score (nSPS) is 17.5. The summed E-state index contributed by atoms with van der Waals surface area (Å²) in [6.07, 6.45) is -2.77. The van der Waals surface area contributed by atoms with Gasteiger partial charge in [0.2, 0.25) is 11.8 Å². The van der Waals surface area contributed by atoms with Gasteiger partial charge in [-0.2, -0.15) is 13.2 Å². The van der Waals surface area contributed by atoms with Crippen LogP contribution in [0.3, 0.4) is 0 Å². The minimum Gasteiger partial charge on any atom is -0.468 e. The van der Waals surface area contributed by atoms with Gasteiger partial charge in [-0.05, 0) is 43.2 Å². The standard InChI is InChI=1S/C26H24F3N3O3/c1-17-14-23(32(18(2)33)20-8-4-3-5-9-20)21-10-6-7-11-22(21)31(17)25(34)19-12-13-24(30-15-19)35-16-26(27,28)29/h3-13,15,17,23H,14,16H2,1-2H3. The number of halogens is 3. The van der Waals surface area contributed by atoms with E-state index in [1.807, 2.05) is 61.5 Å². The summed E-state index contributed by atoms with van der Waals surface area (Å²) in [5, 5.41) is 0. The molecule has 0 bridgehead atoms. The first kappa shape index (κ1) is 24.3. The monoisotopic (exact) mass is 483 g/mol. The van der Waals surface area contributed by atoms with Crippen molar-refractivity contribution in [3.05, 3.63) is 84.1 Å². The van der Waals surface area contributed by atoms with Gasteiger partial charge in [0.25, 0.3) is 5.91 Å². The summed E-state index contributed by atoms with van der Waals surface area (Å²) in [5.41, 5.74) is 2.48. The maximum absolute atomic E-state index is 13.5. The molecule has 35 heavy (non-hydrogen) atoms. The van der Waals surface area contributed by atoms with Crippen LogP contribution in [0.2, 0.25) is 0 Å². The van der Waals surface area contributed by atoms with Crippen LogP contribution < -0.4 is 14.5 Å². The molecule has 2 amide bonds. The zero-order chi connectivity index (χ0) is 25.2. The molecule has 182 valence electrons. The Morgan fingerprint density at radius 3 is 2.37 bits per heavy atom. The number of nitrogens with zero attached hydrogens (tertiary/aromatic N) is 3. The van der Waals surface area contributed by atoms with E-state index in [2.05, 4.69) is 9.72 Å². The molecule has 0 N–H and O–H groups in total. The van der Waals surface area contributed by atoms with Crippen molar-refractivity contribution in [2.75, 3.05) is 16.4 Å². The van der Waals surface area contributed by atoms with Gasteiger partial charge >= 0.3 is 6.18 Å². The number of ether oxygens (including phenoxy) is 1. The average molecular weight is 483 g/mol. The number of fused-ring (bicyclic) bond motifs is 1. The van der Waals surface area contributed by atoms with Crippen molar-refractivity contribution in [2.24, 2.45) is 0 Å². The van der Waals surface area contributed by atoms with Crippen LogP contribution >= 0.6 is 0 Å². The Labute approximate surface area is 200 Å². The molecule has 0 aliphatic carbocycles. The number of carbonyl (C=O) groups excluding carboxylic acids is 2. The fourth-order valence-electron chi connectivity index (χ4n) is 4.39. The average Bonchev–Trinajstić information content (AvgIpc) is 2.83. The zero-order valence-electron chi connectivity index (χ0n) is 19.2. The lowest BCUT2D eigenvalue weighted by atomic mass is 9.89. The quantitative estimate of drug-likeness (QED) is 0.477. The Hall–Kier alpha value is -3.88. The van der Waals surface area contributed by atoms with Crippen molar-refractivity contribution in [1.29, 1.82) is 0 Å². The Morgan fingerprint density at radius 1 is 1.06 bits per heavy atom. The van der Waals surface area contributed by atoms with Crippen molar-refractivity contribution in [3.63, 3.8) is 0 Å². The van der Waals surface area contributed by atoms with Gasteiger partial charge in [0.1, 0.15) is 0 Å². The minimum atomic E-state index is -4.48. The summed E-state index contributed by atoms with van der Waals surface area (Å²) in [4.78, 5) is 33.4. The SMILES string of the molecule is CC(=O)N(c1ccccc1)C1CC(C)N(C(=O)c2ccc(OCC(F)(F)F)nc2)c2ccccc21. The molecule has 2 aromatic carbocycles. The van der Waals surface area contributed by atoms with Gasteiger partial charge in [-0.15, -0.1) is 0 Å². The first-order chi connectivity index (χ1) is 16.7. The number of benzene rings is 2. The summed E-state index contributed by atoms with van der Waals surface area (Å²) in [7, 11) is 0. The first-order valence-electron chi connectivity index (χ1n) is 11.1. The highest BCUT2D eigenvalue weighted by atomic mass is 19.4. The number of carbonyl (C=O) groups is 2. The molecule has 0 saturated carbocycles. The van der Waals surface area contributed by atoms with E-state index in [0.717, 1.165) is 11.3 Å². The number of aromatic nitrogens is 1. The maximum Gasteiger partial charge on any atom is 0.422 e. The second-order valence-electron chi connectivity index (χ2n) is 8.35. The molecule has 2 heterocycles. The molecule has 2 unspecified atom stereocenters. The number of alkyl halides is 3. The molecule has 0 spiro atoms. The molecule has 0 fully saturated rings. The van der Waals surface area contributed by atoms with Gasteiger partial charge in [0, 0.05) is 36.6 Å².